The predicted molar refractivity (Wildman–Crippen MR) is 78.7 cm³/mol. The molecule has 1 aliphatic heterocycles. The maximum Gasteiger partial charge on any atom is 0.322 e. The third-order valence-corrected chi connectivity index (χ3v) is 3.80. The van der Waals surface area contributed by atoms with Crippen LogP contribution in [0, 0.1) is 0 Å². The van der Waals surface area contributed by atoms with Crippen molar-refractivity contribution in [3.05, 3.63) is 24.4 Å². The Labute approximate surface area is 120 Å². The largest absolute Gasteiger partial charge is 0.468 e. The highest BCUT2D eigenvalue weighted by molar-refractivity contribution is 5.75. The van der Waals surface area contributed by atoms with E-state index in [1.807, 2.05) is 31.3 Å². The number of hydrogen-bond acceptors (Lipinski definition) is 5. The number of anilines is 1. The van der Waals surface area contributed by atoms with E-state index in [1.165, 1.54) is 7.11 Å². The average Bonchev–Trinajstić information content (AvgIpc) is 2.53. The fraction of sp³-hybridized carbons (Fsp3) is 0.600. The number of carbonyl (C=O) groups excluding carboxylic acids is 1. The molecule has 1 N–H and O–H groups in total. The first kappa shape index (κ1) is 14.8. The third kappa shape index (κ3) is 3.70. The Balaban J connectivity index is 1.84. The summed E-state index contributed by atoms with van der Waals surface area (Å²) in [6.07, 6.45) is 4.62. The third-order valence-electron chi connectivity index (χ3n) is 3.80. The second-order valence-corrected chi connectivity index (χ2v) is 5.10. The van der Waals surface area contributed by atoms with Gasteiger partial charge in [-0.2, -0.15) is 0 Å². The summed E-state index contributed by atoms with van der Waals surface area (Å²) in [7, 11) is 1.44. The zero-order valence-corrected chi connectivity index (χ0v) is 12.2. The van der Waals surface area contributed by atoms with Gasteiger partial charge < -0.3 is 15.0 Å². The molecule has 1 aromatic rings. The number of hydrogen-bond donors (Lipinski definition) is 1. The van der Waals surface area contributed by atoms with E-state index in [0.29, 0.717) is 6.04 Å². The van der Waals surface area contributed by atoms with Gasteiger partial charge >= 0.3 is 5.97 Å². The van der Waals surface area contributed by atoms with Crippen molar-refractivity contribution in [2.45, 2.75) is 38.3 Å². The van der Waals surface area contributed by atoms with Crippen molar-refractivity contribution in [1.29, 1.82) is 0 Å². The molecule has 0 amide bonds. The lowest BCUT2D eigenvalue weighted by Gasteiger charge is -2.34. The van der Waals surface area contributed by atoms with Crippen LogP contribution in [0.3, 0.4) is 0 Å². The molecule has 20 heavy (non-hydrogen) atoms. The molecule has 0 saturated carbocycles. The van der Waals surface area contributed by atoms with Crippen LogP contribution in [0.4, 0.5) is 5.82 Å². The second kappa shape index (κ2) is 7.24. The van der Waals surface area contributed by atoms with Crippen LogP contribution in [0.15, 0.2) is 24.4 Å². The highest BCUT2D eigenvalue weighted by atomic mass is 16.5. The molecule has 1 fully saturated rings. The zero-order valence-electron chi connectivity index (χ0n) is 12.2. The Kier molecular flexibility index (Phi) is 5.35. The summed E-state index contributed by atoms with van der Waals surface area (Å²) in [4.78, 5) is 18.3. The van der Waals surface area contributed by atoms with E-state index in [9.17, 15) is 4.79 Å². The maximum atomic E-state index is 11.6. The zero-order chi connectivity index (χ0) is 14.4. The number of ether oxygens (including phenoxy) is 1. The van der Waals surface area contributed by atoms with Gasteiger partial charge in [0.05, 0.1) is 7.11 Å². The molecule has 0 bridgehead atoms. The SMILES string of the molecule is CCC(NC1CCN(c2ccccn2)CC1)C(=O)OC. The van der Waals surface area contributed by atoms with Crippen LogP contribution in [-0.4, -0.2) is 43.2 Å². The van der Waals surface area contributed by atoms with Gasteiger partial charge in [0.1, 0.15) is 11.9 Å². The number of methoxy groups -OCH3 is 1. The Bertz CT molecular complexity index is 416. The minimum Gasteiger partial charge on any atom is -0.468 e. The molecule has 1 aromatic heterocycles. The van der Waals surface area contributed by atoms with Crippen LogP contribution in [0.2, 0.25) is 0 Å². The molecule has 1 unspecified atom stereocenters. The van der Waals surface area contributed by atoms with Gasteiger partial charge in [-0.05, 0) is 31.4 Å². The number of rotatable bonds is 5. The smallest absolute Gasteiger partial charge is 0.322 e. The molecule has 1 atom stereocenters. The molecule has 1 saturated heterocycles. The molecule has 5 nitrogen and oxygen atoms in total. The summed E-state index contributed by atoms with van der Waals surface area (Å²) in [5, 5.41) is 3.41. The van der Waals surface area contributed by atoms with Crippen LogP contribution >= 0.6 is 0 Å². The van der Waals surface area contributed by atoms with Crippen LogP contribution in [0.1, 0.15) is 26.2 Å². The molecule has 1 aliphatic rings. The minimum atomic E-state index is -0.189. The molecular weight excluding hydrogens is 254 g/mol. The van der Waals surface area contributed by atoms with Crippen molar-refractivity contribution in [1.82, 2.24) is 10.3 Å². The molecular formula is C15H23N3O2. The second-order valence-electron chi connectivity index (χ2n) is 5.10. The lowest BCUT2D eigenvalue weighted by Crippen LogP contribution is -2.49. The van der Waals surface area contributed by atoms with E-state index in [2.05, 4.69) is 15.2 Å². The number of pyridine rings is 1. The summed E-state index contributed by atoms with van der Waals surface area (Å²) >= 11 is 0. The van der Waals surface area contributed by atoms with Gasteiger partial charge in [-0.15, -0.1) is 0 Å². The molecule has 0 radical (unpaired) electrons. The quantitative estimate of drug-likeness (QED) is 0.828. The number of carbonyl (C=O) groups is 1. The molecule has 2 heterocycles. The van der Waals surface area contributed by atoms with Gasteiger partial charge in [0.25, 0.3) is 0 Å². The maximum absolute atomic E-state index is 11.6. The molecule has 0 aromatic carbocycles. The topological polar surface area (TPSA) is 54.5 Å². The van der Waals surface area contributed by atoms with E-state index in [1.54, 1.807) is 0 Å². The van der Waals surface area contributed by atoms with Gasteiger partial charge in [-0.3, -0.25) is 4.79 Å². The summed E-state index contributed by atoms with van der Waals surface area (Å²) in [6, 6.07) is 6.17. The number of aromatic nitrogens is 1. The van der Waals surface area contributed by atoms with Crippen molar-refractivity contribution in [3.8, 4) is 0 Å². The van der Waals surface area contributed by atoms with Gasteiger partial charge in [0.15, 0.2) is 0 Å². The molecule has 2 rings (SSSR count). The van der Waals surface area contributed by atoms with E-state index in [-0.39, 0.29) is 12.0 Å². The number of piperidine rings is 1. The standard InChI is InChI=1S/C15H23N3O2/c1-3-13(15(19)20-2)17-12-7-10-18(11-8-12)14-6-4-5-9-16-14/h4-6,9,12-13,17H,3,7-8,10-11H2,1-2H3. The summed E-state index contributed by atoms with van der Waals surface area (Å²) in [5.41, 5.74) is 0. The van der Waals surface area contributed by atoms with Crippen LogP contribution in [0.5, 0.6) is 0 Å². The van der Waals surface area contributed by atoms with Crippen molar-refractivity contribution >= 4 is 11.8 Å². The normalized spacial score (nSPS) is 17.8. The minimum absolute atomic E-state index is 0.167. The lowest BCUT2D eigenvalue weighted by molar-refractivity contribution is -0.143. The predicted octanol–water partition coefficient (Wildman–Crippen LogP) is 1.59. The Morgan fingerprint density at radius 2 is 2.25 bits per heavy atom. The van der Waals surface area contributed by atoms with Crippen molar-refractivity contribution in [2.75, 3.05) is 25.1 Å². The fourth-order valence-corrected chi connectivity index (χ4v) is 2.60. The van der Waals surface area contributed by atoms with Crippen molar-refractivity contribution in [3.63, 3.8) is 0 Å². The van der Waals surface area contributed by atoms with Crippen LogP contribution in [0.25, 0.3) is 0 Å². The van der Waals surface area contributed by atoms with Crippen molar-refractivity contribution < 1.29 is 9.53 Å². The van der Waals surface area contributed by atoms with Crippen LogP contribution < -0.4 is 10.2 Å². The first-order valence-corrected chi connectivity index (χ1v) is 7.24. The highest BCUT2D eigenvalue weighted by Gasteiger charge is 2.25. The Morgan fingerprint density at radius 3 is 2.80 bits per heavy atom. The molecule has 0 aliphatic carbocycles. The lowest BCUT2D eigenvalue weighted by atomic mass is 10.0. The average molecular weight is 277 g/mol. The van der Waals surface area contributed by atoms with Gasteiger partial charge in [0, 0.05) is 25.3 Å². The number of nitrogens with zero attached hydrogens (tertiary/aromatic N) is 2. The Morgan fingerprint density at radius 1 is 1.50 bits per heavy atom. The van der Waals surface area contributed by atoms with E-state index in [0.717, 1.165) is 38.2 Å². The monoisotopic (exact) mass is 277 g/mol. The van der Waals surface area contributed by atoms with E-state index < -0.39 is 0 Å². The first-order valence-electron chi connectivity index (χ1n) is 7.24. The van der Waals surface area contributed by atoms with Crippen molar-refractivity contribution in [2.24, 2.45) is 0 Å². The fourth-order valence-electron chi connectivity index (χ4n) is 2.60. The first-order chi connectivity index (χ1) is 9.74. The summed E-state index contributed by atoms with van der Waals surface area (Å²) in [5.74, 6) is 0.866. The Hall–Kier alpha value is -1.62. The molecule has 0 spiro atoms. The van der Waals surface area contributed by atoms with Gasteiger partial charge in [-0.1, -0.05) is 13.0 Å². The molecule has 110 valence electrons. The number of esters is 1. The summed E-state index contributed by atoms with van der Waals surface area (Å²) in [6.45, 7) is 3.93. The molecule has 5 heteroatoms. The summed E-state index contributed by atoms with van der Waals surface area (Å²) < 4.78 is 4.81. The van der Waals surface area contributed by atoms with Gasteiger partial charge in [-0.25, -0.2) is 4.98 Å². The van der Waals surface area contributed by atoms with Gasteiger partial charge in [0.2, 0.25) is 0 Å². The van der Waals surface area contributed by atoms with Crippen LogP contribution in [-0.2, 0) is 9.53 Å². The van der Waals surface area contributed by atoms with E-state index in [4.69, 9.17) is 4.74 Å². The highest BCUT2D eigenvalue weighted by Crippen LogP contribution is 2.17. The number of nitrogens with one attached hydrogen (secondary N) is 1. The van der Waals surface area contributed by atoms with E-state index >= 15 is 0 Å².